The maximum Gasteiger partial charge on any atom is 0.316 e. The van der Waals surface area contributed by atoms with Gasteiger partial charge in [0.15, 0.2) is 0 Å². The van der Waals surface area contributed by atoms with Crippen molar-refractivity contribution >= 4 is 5.97 Å². The van der Waals surface area contributed by atoms with E-state index in [-0.39, 0.29) is 11.8 Å². The van der Waals surface area contributed by atoms with Crippen LogP contribution < -0.4 is 4.74 Å². The van der Waals surface area contributed by atoms with Crippen molar-refractivity contribution in [2.75, 3.05) is 6.61 Å². The fraction of sp³-hybridized carbons (Fsp3) is 0.409. The molecule has 0 N–H and O–H groups in total. The Morgan fingerprint density at radius 2 is 1.81 bits per heavy atom. The molecule has 0 unspecified atom stereocenters. The lowest BCUT2D eigenvalue weighted by Gasteiger charge is -2.35. The molecule has 26 heavy (non-hydrogen) atoms. The normalized spacial score (nSPS) is 16.1. The molecule has 0 radical (unpaired) electrons. The number of hydrogen-bond donors (Lipinski definition) is 0. The van der Waals surface area contributed by atoms with Crippen molar-refractivity contribution in [2.24, 2.45) is 0 Å². The minimum Gasteiger partial charge on any atom is -0.489 e. The van der Waals surface area contributed by atoms with E-state index in [9.17, 15) is 9.18 Å². The molecule has 0 aliphatic heterocycles. The van der Waals surface area contributed by atoms with Crippen molar-refractivity contribution < 1.29 is 18.7 Å². The van der Waals surface area contributed by atoms with Crippen LogP contribution in [0.25, 0.3) is 0 Å². The molecular formula is C22H25FO3. The van der Waals surface area contributed by atoms with Crippen LogP contribution in [0.2, 0.25) is 0 Å². The average molecular weight is 356 g/mol. The van der Waals surface area contributed by atoms with Crippen LogP contribution in [0.5, 0.6) is 5.75 Å². The zero-order valence-electron chi connectivity index (χ0n) is 15.2. The van der Waals surface area contributed by atoms with Gasteiger partial charge in [-0.2, -0.15) is 0 Å². The molecule has 4 heteroatoms. The first-order valence-electron chi connectivity index (χ1n) is 9.29. The molecule has 1 fully saturated rings. The fourth-order valence-electron chi connectivity index (χ4n) is 3.70. The summed E-state index contributed by atoms with van der Waals surface area (Å²) in [4.78, 5) is 12.7. The lowest BCUT2D eigenvalue weighted by atomic mass is 9.69. The van der Waals surface area contributed by atoms with E-state index in [0.29, 0.717) is 37.4 Å². The van der Waals surface area contributed by atoms with E-state index in [1.807, 2.05) is 30.3 Å². The topological polar surface area (TPSA) is 35.5 Å². The summed E-state index contributed by atoms with van der Waals surface area (Å²) in [5, 5.41) is 0. The number of rotatable bonds is 6. The second-order valence-corrected chi connectivity index (χ2v) is 6.81. The van der Waals surface area contributed by atoms with Gasteiger partial charge in [-0.05, 0) is 43.0 Å². The van der Waals surface area contributed by atoms with Gasteiger partial charge in [-0.1, -0.05) is 49.6 Å². The molecule has 0 bridgehead atoms. The monoisotopic (exact) mass is 356 g/mol. The molecule has 1 aliphatic carbocycles. The van der Waals surface area contributed by atoms with Crippen molar-refractivity contribution in [3.05, 3.63) is 65.5 Å². The first-order valence-corrected chi connectivity index (χ1v) is 9.29. The number of halogens is 1. The molecule has 3 nitrogen and oxygen atoms in total. The van der Waals surface area contributed by atoms with Crippen LogP contribution in [-0.4, -0.2) is 12.6 Å². The maximum absolute atomic E-state index is 14.3. The van der Waals surface area contributed by atoms with Gasteiger partial charge in [-0.15, -0.1) is 0 Å². The Morgan fingerprint density at radius 3 is 2.50 bits per heavy atom. The molecule has 2 aromatic carbocycles. The highest BCUT2D eigenvalue weighted by atomic mass is 19.1. The van der Waals surface area contributed by atoms with Crippen molar-refractivity contribution in [1.82, 2.24) is 0 Å². The zero-order valence-corrected chi connectivity index (χ0v) is 15.2. The van der Waals surface area contributed by atoms with Gasteiger partial charge in [0.1, 0.15) is 18.2 Å². The first-order chi connectivity index (χ1) is 12.6. The van der Waals surface area contributed by atoms with Gasteiger partial charge < -0.3 is 9.47 Å². The number of carbonyl (C=O) groups is 1. The Hall–Kier alpha value is -2.36. The largest absolute Gasteiger partial charge is 0.489 e. The molecule has 2 aromatic rings. The Kier molecular flexibility index (Phi) is 5.92. The lowest BCUT2D eigenvalue weighted by Crippen LogP contribution is -2.39. The van der Waals surface area contributed by atoms with Crippen LogP contribution in [0.4, 0.5) is 4.39 Å². The van der Waals surface area contributed by atoms with Crippen molar-refractivity contribution in [2.45, 2.75) is 51.0 Å². The van der Waals surface area contributed by atoms with Gasteiger partial charge in [0.2, 0.25) is 0 Å². The number of carbonyl (C=O) groups excluding carboxylic acids is 1. The summed E-state index contributed by atoms with van der Waals surface area (Å²) in [5.41, 5.74) is 0.913. The third-order valence-corrected chi connectivity index (χ3v) is 5.05. The number of esters is 1. The SMILES string of the molecule is CCOC(=O)C1(c2cc(F)cc(OCc3ccccc3)c2)CCCCC1. The van der Waals surface area contributed by atoms with Crippen LogP contribution in [0, 0.1) is 5.82 Å². The highest BCUT2D eigenvalue weighted by Gasteiger charge is 2.43. The van der Waals surface area contributed by atoms with E-state index in [4.69, 9.17) is 9.47 Å². The molecular weight excluding hydrogens is 331 g/mol. The van der Waals surface area contributed by atoms with E-state index in [2.05, 4.69) is 0 Å². The fourth-order valence-corrected chi connectivity index (χ4v) is 3.70. The Morgan fingerprint density at radius 1 is 1.08 bits per heavy atom. The van der Waals surface area contributed by atoms with Crippen LogP contribution in [0.1, 0.15) is 50.2 Å². The molecule has 0 saturated heterocycles. The summed E-state index contributed by atoms with van der Waals surface area (Å²) >= 11 is 0. The number of benzene rings is 2. The average Bonchev–Trinajstić information content (AvgIpc) is 2.67. The van der Waals surface area contributed by atoms with Gasteiger partial charge in [0.25, 0.3) is 0 Å². The van der Waals surface area contributed by atoms with Gasteiger partial charge >= 0.3 is 5.97 Å². The standard InChI is InChI=1S/C22H25FO3/c1-2-25-21(24)22(11-7-4-8-12-22)18-13-19(23)15-20(14-18)26-16-17-9-5-3-6-10-17/h3,5-6,9-10,13-15H,2,4,7-8,11-12,16H2,1H3. The molecule has 0 aromatic heterocycles. The Bertz CT molecular complexity index is 736. The van der Waals surface area contributed by atoms with Crippen LogP contribution >= 0.6 is 0 Å². The van der Waals surface area contributed by atoms with Crippen LogP contribution in [0.3, 0.4) is 0 Å². The van der Waals surface area contributed by atoms with E-state index in [1.165, 1.54) is 12.1 Å². The van der Waals surface area contributed by atoms with Gasteiger partial charge in [0.05, 0.1) is 12.0 Å². The smallest absolute Gasteiger partial charge is 0.316 e. The summed E-state index contributed by atoms with van der Waals surface area (Å²) < 4.78 is 25.4. The van der Waals surface area contributed by atoms with Crippen molar-refractivity contribution in [3.63, 3.8) is 0 Å². The number of hydrogen-bond acceptors (Lipinski definition) is 3. The van der Waals surface area contributed by atoms with E-state index in [0.717, 1.165) is 24.8 Å². The molecule has 0 heterocycles. The molecule has 138 valence electrons. The Labute approximate surface area is 154 Å². The molecule has 0 atom stereocenters. The molecule has 1 saturated carbocycles. The van der Waals surface area contributed by atoms with E-state index >= 15 is 0 Å². The maximum atomic E-state index is 14.3. The van der Waals surface area contributed by atoms with Gasteiger partial charge in [0, 0.05) is 6.07 Å². The summed E-state index contributed by atoms with van der Waals surface area (Å²) in [6.07, 6.45) is 4.35. The second kappa shape index (κ2) is 8.35. The summed E-state index contributed by atoms with van der Waals surface area (Å²) in [5.74, 6) is -0.197. The molecule has 3 rings (SSSR count). The molecule has 1 aliphatic rings. The van der Waals surface area contributed by atoms with Crippen molar-refractivity contribution in [3.8, 4) is 5.75 Å². The van der Waals surface area contributed by atoms with Gasteiger partial charge in [-0.3, -0.25) is 4.79 Å². The minimum atomic E-state index is -0.763. The van der Waals surface area contributed by atoms with Crippen molar-refractivity contribution in [1.29, 1.82) is 0 Å². The zero-order chi connectivity index (χ0) is 18.4. The highest BCUT2D eigenvalue weighted by molar-refractivity contribution is 5.83. The summed E-state index contributed by atoms with van der Waals surface area (Å²) in [7, 11) is 0. The van der Waals surface area contributed by atoms with Crippen LogP contribution in [-0.2, 0) is 21.6 Å². The predicted molar refractivity (Wildman–Crippen MR) is 98.6 cm³/mol. The summed E-state index contributed by atoms with van der Waals surface area (Å²) in [6, 6.07) is 14.4. The van der Waals surface area contributed by atoms with E-state index in [1.54, 1.807) is 13.0 Å². The highest BCUT2D eigenvalue weighted by Crippen LogP contribution is 2.42. The number of ether oxygens (including phenoxy) is 2. The van der Waals surface area contributed by atoms with Crippen LogP contribution in [0.15, 0.2) is 48.5 Å². The first kappa shape index (κ1) is 18.4. The minimum absolute atomic E-state index is 0.251. The molecule has 0 amide bonds. The lowest BCUT2D eigenvalue weighted by molar-refractivity contribution is -0.151. The third kappa shape index (κ3) is 4.06. The summed E-state index contributed by atoms with van der Waals surface area (Å²) in [6.45, 7) is 2.48. The van der Waals surface area contributed by atoms with E-state index < -0.39 is 5.41 Å². The Balaban J connectivity index is 1.87. The van der Waals surface area contributed by atoms with Gasteiger partial charge in [-0.25, -0.2) is 4.39 Å². The predicted octanol–water partition coefficient (Wildman–Crippen LogP) is 5.17. The third-order valence-electron chi connectivity index (χ3n) is 5.05. The second-order valence-electron chi connectivity index (χ2n) is 6.81. The quantitative estimate of drug-likeness (QED) is 0.670. The molecule has 0 spiro atoms.